The predicted molar refractivity (Wildman–Crippen MR) is 151 cm³/mol. The van der Waals surface area contributed by atoms with Gasteiger partial charge in [0.1, 0.15) is 24.0 Å². The van der Waals surface area contributed by atoms with E-state index in [-0.39, 0.29) is 5.57 Å². The van der Waals surface area contributed by atoms with Crippen LogP contribution in [-0.4, -0.2) is 5.91 Å². The van der Waals surface area contributed by atoms with E-state index in [1.54, 1.807) is 30.3 Å². The van der Waals surface area contributed by atoms with Gasteiger partial charge in [-0.05, 0) is 71.1 Å². The summed E-state index contributed by atoms with van der Waals surface area (Å²) in [6.45, 7) is 0.463. The summed E-state index contributed by atoms with van der Waals surface area (Å²) >= 11 is 7.21. The molecule has 6 heteroatoms. The molecule has 4 aromatic rings. The van der Waals surface area contributed by atoms with Crippen molar-refractivity contribution in [2.24, 2.45) is 0 Å². The van der Waals surface area contributed by atoms with Gasteiger partial charge in [-0.25, -0.2) is 0 Å². The number of nitrogens with zero attached hydrogens (tertiary/aromatic N) is 1. The molecule has 4 aromatic carbocycles. The minimum atomic E-state index is -0.469. The number of ether oxygens (including phenoxy) is 1. The minimum Gasteiger partial charge on any atom is -0.489 e. The summed E-state index contributed by atoms with van der Waals surface area (Å²) in [5.74, 6) is 0.226. The van der Waals surface area contributed by atoms with Crippen molar-refractivity contribution in [2.45, 2.75) is 13.0 Å². The van der Waals surface area contributed by atoms with E-state index in [4.69, 9.17) is 4.74 Å². The third-order valence-corrected chi connectivity index (χ3v) is 6.96. The average molecular weight is 602 g/mol. The van der Waals surface area contributed by atoms with Crippen molar-refractivity contribution >= 4 is 49.5 Å². The number of nitriles is 1. The SMILES string of the molecule is N#C/C(=C\c1ccc(Cc2ccccc2Br)c(Br)c1)C(=O)Nc1ccc(OCc2ccccc2)cc1. The average Bonchev–Trinajstić information content (AvgIpc) is 2.90. The standard InChI is InChI=1S/C30H22Br2N2O2/c31-28-9-5-4-8-23(28)18-24-11-10-22(17-29(24)32)16-25(19-33)30(35)34-26-12-14-27(15-13-26)36-20-21-6-2-1-3-7-21/h1-17H,18,20H2,(H,34,35)/b25-16+. The van der Waals surface area contributed by atoms with Crippen LogP contribution < -0.4 is 10.1 Å². The lowest BCUT2D eigenvalue weighted by atomic mass is 10.0. The zero-order valence-electron chi connectivity index (χ0n) is 19.2. The lowest BCUT2D eigenvalue weighted by Crippen LogP contribution is -2.13. The van der Waals surface area contributed by atoms with Crippen LogP contribution in [0.3, 0.4) is 0 Å². The molecular weight excluding hydrogens is 580 g/mol. The van der Waals surface area contributed by atoms with Crippen molar-refractivity contribution in [1.29, 1.82) is 5.26 Å². The highest BCUT2D eigenvalue weighted by molar-refractivity contribution is 9.10. The number of carbonyl (C=O) groups is 1. The Balaban J connectivity index is 1.39. The van der Waals surface area contributed by atoms with Gasteiger partial charge in [0.25, 0.3) is 5.91 Å². The van der Waals surface area contributed by atoms with E-state index in [1.807, 2.05) is 72.8 Å². The van der Waals surface area contributed by atoms with Gasteiger partial charge in [0.2, 0.25) is 0 Å². The number of carbonyl (C=O) groups excluding carboxylic acids is 1. The number of nitrogens with one attached hydrogen (secondary N) is 1. The second-order valence-corrected chi connectivity index (χ2v) is 9.75. The van der Waals surface area contributed by atoms with Crippen LogP contribution in [0.5, 0.6) is 5.75 Å². The highest BCUT2D eigenvalue weighted by Crippen LogP contribution is 2.26. The number of hydrogen-bond donors (Lipinski definition) is 1. The topological polar surface area (TPSA) is 62.1 Å². The van der Waals surface area contributed by atoms with Gasteiger partial charge in [0.15, 0.2) is 0 Å². The number of rotatable bonds is 8. The van der Waals surface area contributed by atoms with E-state index in [9.17, 15) is 10.1 Å². The number of hydrogen-bond acceptors (Lipinski definition) is 3. The third-order valence-electron chi connectivity index (χ3n) is 5.45. The maximum atomic E-state index is 12.7. The quantitative estimate of drug-likeness (QED) is 0.165. The first-order valence-electron chi connectivity index (χ1n) is 11.2. The van der Waals surface area contributed by atoms with Crippen LogP contribution in [0.1, 0.15) is 22.3 Å². The second-order valence-electron chi connectivity index (χ2n) is 8.04. The largest absolute Gasteiger partial charge is 0.489 e. The molecule has 0 radical (unpaired) electrons. The van der Waals surface area contributed by atoms with Crippen molar-refractivity contribution in [3.8, 4) is 11.8 Å². The van der Waals surface area contributed by atoms with Gasteiger partial charge in [0, 0.05) is 14.6 Å². The lowest BCUT2D eigenvalue weighted by Gasteiger charge is -2.09. The van der Waals surface area contributed by atoms with E-state index in [2.05, 4.69) is 43.2 Å². The molecular formula is C30H22Br2N2O2. The molecule has 1 N–H and O–H groups in total. The Bertz CT molecular complexity index is 1430. The zero-order valence-corrected chi connectivity index (χ0v) is 22.4. The fraction of sp³-hybridized carbons (Fsp3) is 0.0667. The molecule has 0 aliphatic heterocycles. The van der Waals surface area contributed by atoms with Crippen LogP contribution in [0.2, 0.25) is 0 Å². The fourth-order valence-electron chi connectivity index (χ4n) is 3.53. The Morgan fingerprint density at radius 2 is 1.56 bits per heavy atom. The molecule has 4 rings (SSSR count). The molecule has 4 nitrogen and oxygen atoms in total. The van der Waals surface area contributed by atoms with Crippen molar-refractivity contribution < 1.29 is 9.53 Å². The molecule has 0 saturated heterocycles. The Morgan fingerprint density at radius 1 is 0.861 bits per heavy atom. The Hall–Kier alpha value is -3.66. The maximum absolute atomic E-state index is 12.7. The molecule has 1 amide bonds. The van der Waals surface area contributed by atoms with Crippen molar-refractivity contribution in [1.82, 2.24) is 0 Å². The van der Waals surface area contributed by atoms with Crippen LogP contribution >= 0.6 is 31.9 Å². The molecule has 178 valence electrons. The highest BCUT2D eigenvalue weighted by Gasteiger charge is 2.11. The van der Waals surface area contributed by atoms with Crippen LogP contribution in [0.25, 0.3) is 6.08 Å². The lowest BCUT2D eigenvalue weighted by molar-refractivity contribution is -0.112. The first-order chi connectivity index (χ1) is 17.5. The number of amides is 1. The van der Waals surface area contributed by atoms with E-state index in [0.717, 1.165) is 32.1 Å². The van der Waals surface area contributed by atoms with Crippen LogP contribution in [0, 0.1) is 11.3 Å². The summed E-state index contributed by atoms with van der Waals surface area (Å²) in [6, 6.07) is 32.9. The molecule has 0 spiro atoms. The summed E-state index contributed by atoms with van der Waals surface area (Å²) in [6.07, 6.45) is 2.34. The predicted octanol–water partition coefficient (Wildman–Crippen LogP) is 7.93. The number of anilines is 1. The van der Waals surface area contributed by atoms with Gasteiger partial charge < -0.3 is 10.1 Å². The molecule has 0 aromatic heterocycles. The number of halogens is 2. The molecule has 36 heavy (non-hydrogen) atoms. The first kappa shape index (κ1) is 25.4. The first-order valence-corrected chi connectivity index (χ1v) is 12.8. The third kappa shape index (κ3) is 6.94. The second kappa shape index (κ2) is 12.3. The van der Waals surface area contributed by atoms with E-state index < -0.39 is 5.91 Å². The smallest absolute Gasteiger partial charge is 0.266 e. The van der Waals surface area contributed by atoms with Crippen molar-refractivity contribution in [3.05, 3.63) is 134 Å². The van der Waals surface area contributed by atoms with Gasteiger partial charge in [-0.15, -0.1) is 0 Å². The van der Waals surface area contributed by atoms with Crippen LogP contribution in [0.4, 0.5) is 5.69 Å². The van der Waals surface area contributed by atoms with Crippen molar-refractivity contribution in [3.63, 3.8) is 0 Å². The van der Waals surface area contributed by atoms with Crippen LogP contribution in [-0.2, 0) is 17.8 Å². The van der Waals surface area contributed by atoms with E-state index in [1.165, 1.54) is 5.56 Å². The van der Waals surface area contributed by atoms with Gasteiger partial charge in [-0.1, -0.05) is 92.5 Å². The summed E-state index contributed by atoms with van der Waals surface area (Å²) < 4.78 is 7.75. The molecule has 0 atom stereocenters. The Morgan fingerprint density at radius 3 is 2.25 bits per heavy atom. The van der Waals surface area contributed by atoms with Gasteiger partial charge in [-0.3, -0.25) is 4.79 Å². The van der Waals surface area contributed by atoms with Crippen molar-refractivity contribution in [2.75, 3.05) is 5.32 Å². The van der Waals surface area contributed by atoms with Gasteiger partial charge in [-0.2, -0.15) is 5.26 Å². The molecule has 0 aliphatic carbocycles. The molecule has 0 heterocycles. The minimum absolute atomic E-state index is 0.0184. The molecule has 0 bridgehead atoms. The summed E-state index contributed by atoms with van der Waals surface area (Å²) in [5, 5.41) is 12.4. The van der Waals surface area contributed by atoms with Crippen LogP contribution in [0.15, 0.2) is 112 Å². The highest BCUT2D eigenvalue weighted by atomic mass is 79.9. The zero-order chi connectivity index (χ0) is 25.3. The van der Waals surface area contributed by atoms with Gasteiger partial charge in [0.05, 0.1) is 0 Å². The normalized spacial score (nSPS) is 11.0. The fourth-order valence-corrected chi connectivity index (χ4v) is 4.49. The summed E-state index contributed by atoms with van der Waals surface area (Å²) in [4.78, 5) is 12.7. The molecule has 0 aliphatic rings. The summed E-state index contributed by atoms with van der Waals surface area (Å²) in [7, 11) is 0. The molecule has 0 saturated carbocycles. The number of benzene rings is 4. The molecule has 0 fully saturated rings. The molecule has 0 unspecified atom stereocenters. The van der Waals surface area contributed by atoms with E-state index >= 15 is 0 Å². The Labute approximate surface area is 227 Å². The van der Waals surface area contributed by atoms with Gasteiger partial charge >= 0.3 is 0 Å². The van der Waals surface area contributed by atoms with E-state index in [0.29, 0.717) is 18.0 Å². The Kier molecular flexibility index (Phi) is 8.72. The summed E-state index contributed by atoms with van der Waals surface area (Å²) in [5.41, 5.74) is 4.72. The monoisotopic (exact) mass is 600 g/mol. The maximum Gasteiger partial charge on any atom is 0.266 e.